The molecule has 108 valence electrons. The summed E-state index contributed by atoms with van der Waals surface area (Å²) in [5, 5.41) is -0.250. The summed E-state index contributed by atoms with van der Waals surface area (Å²) in [7, 11) is 0. The van der Waals surface area contributed by atoms with E-state index in [-0.39, 0.29) is 29.0 Å². The minimum absolute atomic E-state index is 0.00583. The van der Waals surface area contributed by atoms with Crippen LogP contribution in [0.4, 0.5) is 0 Å². The maximum Gasteiger partial charge on any atom is 0.226 e. The van der Waals surface area contributed by atoms with Gasteiger partial charge in [0.1, 0.15) is 0 Å². The highest BCUT2D eigenvalue weighted by molar-refractivity contribution is 6.64. The van der Waals surface area contributed by atoms with Gasteiger partial charge in [0.2, 0.25) is 5.24 Å². The van der Waals surface area contributed by atoms with Crippen LogP contribution >= 0.6 is 11.6 Å². The summed E-state index contributed by atoms with van der Waals surface area (Å²) < 4.78 is 0. The van der Waals surface area contributed by atoms with Crippen molar-refractivity contribution >= 4 is 22.6 Å². The van der Waals surface area contributed by atoms with Crippen molar-refractivity contribution in [2.24, 2.45) is 22.7 Å². The Morgan fingerprint density at radius 1 is 1.24 bits per heavy atom. The van der Waals surface area contributed by atoms with Crippen molar-refractivity contribution in [3.8, 4) is 0 Å². The van der Waals surface area contributed by atoms with Gasteiger partial charge in [-0.25, -0.2) is 0 Å². The number of benzene rings is 1. The zero-order valence-corrected chi connectivity index (χ0v) is 12.7. The van der Waals surface area contributed by atoms with Gasteiger partial charge in [-0.2, -0.15) is 0 Å². The number of carbonyl (C=O) groups excluding carboxylic acids is 1. The van der Waals surface area contributed by atoms with Crippen LogP contribution in [0.25, 0.3) is 0 Å². The molecule has 1 heterocycles. The second-order valence-electron chi connectivity index (χ2n) is 5.58. The maximum absolute atomic E-state index is 12.1. The van der Waals surface area contributed by atoms with Crippen LogP contribution in [0, 0.1) is 17.8 Å². The average molecular weight is 300 g/mol. The van der Waals surface area contributed by atoms with Gasteiger partial charge >= 0.3 is 0 Å². The van der Waals surface area contributed by atoms with E-state index in [9.17, 15) is 4.79 Å². The predicted molar refractivity (Wildman–Crippen MR) is 86.5 cm³/mol. The van der Waals surface area contributed by atoms with Crippen LogP contribution in [0.1, 0.15) is 24.9 Å². The molecule has 0 N–H and O–H groups in total. The van der Waals surface area contributed by atoms with E-state index in [1.54, 1.807) is 0 Å². The molecule has 1 aliphatic carbocycles. The Morgan fingerprint density at radius 2 is 2.00 bits per heavy atom. The lowest BCUT2D eigenvalue weighted by atomic mass is 9.70. The largest absolute Gasteiger partial charge is 0.281 e. The molecular weight excluding hydrogens is 282 g/mol. The summed E-state index contributed by atoms with van der Waals surface area (Å²) in [6.07, 6.45) is 8.88. The van der Waals surface area contributed by atoms with Crippen LogP contribution in [0.15, 0.2) is 59.6 Å². The Labute approximate surface area is 130 Å². The molecule has 0 bridgehead atoms. The second kappa shape index (κ2) is 5.98. The minimum Gasteiger partial charge on any atom is -0.281 e. The third-order valence-electron chi connectivity index (χ3n) is 4.45. The highest BCUT2D eigenvalue weighted by Gasteiger charge is 2.43. The van der Waals surface area contributed by atoms with E-state index < -0.39 is 0 Å². The van der Waals surface area contributed by atoms with E-state index in [1.165, 1.54) is 0 Å². The van der Waals surface area contributed by atoms with Gasteiger partial charge in [0.25, 0.3) is 0 Å². The Bertz CT molecular complexity index is 617. The van der Waals surface area contributed by atoms with Gasteiger partial charge in [-0.1, -0.05) is 61.9 Å². The van der Waals surface area contributed by atoms with Gasteiger partial charge in [0.15, 0.2) is 0 Å². The number of carbonyl (C=O) groups is 1. The van der Waals surface area contributed by atoms with Gasteiger partial charge in [-0.05, 0) is 29.2 Å². The molecule has 2 nitrogen and oxygen atoms in total. The quantitative estimate of drug-likeness (QED) is 0.764. The molecule has 3 heteroatoms. The molecule has 4 unspecified atom stereocenters. The van der Waals surface area contributed by atoms with E-state index in [0.29, 0.717) is 0 Å². The van der Waals surface area contributed by atoms with Gasteiger partial charge in [0, 0.05) is 11.6 Å². The normalized spacial score (nSPS) is 30.7. The second-order valence-corrected chi connectivity index (χ2v) is 5.95. The van der Waals surface area contributed by atoms with Crippen LogP contribution in [-0.2, 0) is 4.79 Å². The zero-order valence-electron chi connectivity index (χ0n) is 11.9. The number of nitrogens with zero attached hydrogens (tertiary/aromatic N) is 1. The first-order valence-electron chi connectivity index (χ1n) is 7.39. The van der Waals surface area contributed by atoms with E-state index in [4.69, 9.17) is 16.6 Å². The van der Waals surface area contributed by atoms with Gasteiger partial charge < -0.3 is 0 Å². The third kappa shape index (κ3) is 2.60. The van der Waals surface area contributed by atoms with Crippen molar-refractivity contribution in [1.29, 1.82) is 0 Å². The predicted octanol–water partition coefficient (Wildman–Crippen LogP) is 4.33. The highest BCUT2D eigenvalue weighted by atomic mass is 35.5. The van der Waals surface area contributed by atoms with Gasteiger partial charge in [0.05, 0.1) is 12.0 Å². The average Bonchev–Trinajstić information content (AvgIpc) is 2.53. The maximum atomic E-state index is 12.1. The Hall–Kier alpha value is -1.67. The topological polar surface area (TPSA) is 29.4 Å². The first-order chi connectivity index (χ1) is 10.2. The molecular formula is C18H18ClNO. The zero-order chi connectivity index (χ0) is 14.8. The third-order valence-corrected chi connectivity index (χ3v) is 4.71. The Balaban J connectivity index is 2.09. The SMILES string of the molecule is CCC1C(c2ccccc2)N=C2C=CC=CC2C1C(=O)Cl. The number of hydrogen-bond acceptors (Lipinski definition) is 2. The number of rotatable bonds is 3. The van der Waals surface area contributed by atoms with Gasteiger partial charge in [-0.3, -0.25) is 9.79 Å². The van der Waals surface area contributed by atoms with Crippen LogP contribution in [-0.4, -0.2) is 11.0 Å². The molecule has 0 aromatic heterocycles. The molecule has 1 aromatic carbocycles. The molecule has 1 aromatic rings. The monoisotopic (exact) mass is 299 g/mol. The Morgan fingerprint density at radius 3 is 2.67 bits per heavy atom. The minimum atomic E-state index is -0.250. The summed E-state index contributed by atoms with van der Waals surface area (Å²) in [6.45, 7) is 2.11. The fourth-order valence-electron chi connectivity index (χ4n) is 3.46. The van der Waals surface area contributed by atoms with Crippen molar-refractivity contribution in [2.75, 3.05) is 0 Å². The smallest absolute Gasteiger partial charge is 0.226 e. The molecule has 0 fully saturated rings. The van der Waals surface area contributed by atoms with E-state index >= 15 is 0 Å². The van der Waals surface area contributed by atoms with Crippen LogP contribution < -0.4 is 0 Å². The highest BCUT2D eigenvalue weighted by Crippen LogP contribution is 2.44. The number of aliphatic imine (C=N–C) groups is 1. The molecule has 21 heavy (non-hydrogen) atoms. The molecule has 0 radical (unpaired) electrons. The molecule has 0 spiro atoms. The number of fused-ring (bicyclic) bond motifs is 1. The summed E-state index contributed by atoms with van der Waals surface area (Å²) in [4.78, 5) is 17.0. The number of halogens is 1. The molecule has 2 aliphatic rings. The molecule has 1 aliphatic heterocycles. The molecule has 0 saturated heterocycles. The van der Waals surface area contributed by atoms with E-state index in [2.05, 4.69) is 19.1 Å². The lowest BCUT2D eigenvalue weighted by Gasteiger charge is -2.39. The molecule has 0 saturated carbocycles. The lowest BCUT2D eigenvalue weighted by molar-refractivity contribution is -0.117. The first kappa shape index (κ1) is 14.3. The molecule has 0 amide bonds. The van der Waals surface area contributed by atoms with Crippen molar-refractivity contribution in [3.63, 3.8) is 0 Å². The van der Waals surface area contributed by atoms with Gasteiger partial charge in [-0.15, -0.1) is 0 Å². The summed E-state index contributed by atoms with van der Waals surface area (Å²) in [6, 6.07) is 10.2. The lowest BCUT2D eigenvalue weighted by Crippen LogP contribution is -2.39. The standard InChI is InChI=1S/C18H18ClNO/c1-2-13-16(18(19)21)14-10-6-7-11-15(14)20-17(13)12-8-4-3-5-9-12/h3-11,13-14,16-17H,2H2,1H3. The Kier molecular flexibility index (Phi) is 4.07. The van der Waals surface area contributed by atoms with Crippen molar-refractivity contribution in [1.82, 2.24) is 0 Å². The fourth-order valence-corrected chi connectivity index (χ4v) is 3.76. The van der Waals surface area contributed by atoms with Crippen molar-refractivity contribution < 1.29 is 4.79 Å². The van der Waals surface area contributed by atoms with Crippen molar-refractivity contribution in [3.05, 3.63) is 60.2 Å². The summed E-state index contributed by atoms with van der Waals surface area (Å²) in [5.74, 6) is -0.0391. The fraction of sp³-hybridized carbons (Fsp3) is 0.333. The number of hydrogen-bond donors (Lipinski definition) is 0. The first-order valence-corrected chi connectivity index (χ1v) is 7.77. The molecule has 4 atom stereocenters. The van der Waals surface area contributed by atoms with Crippen LogP contribution in [0.3, 0.4) is 0 Å². The number of allylic oxidation sites excluding steroid dienone is 4. The van der Waals surface area contributed by atoms with Crippen LogP contribution in [0.5, 0.6) is 0 Å². The van der Waals surface area contributed by atoms with Crippen LogP contribution in [0.2, 0.25) is 0 Å². The molecule has 3 rings (SSSR count). The summed E-state index contributed by atoms with van der Waals surface area (Å²) >= 11 is 5.95. The van der Waals surface area contributed by atoms with Crippen molar-refractivity contribution in [2.45, 2.75) is 19.4 Å². The van der Waals surface area contributed by atoms with E-state index in [0.717, 1.165) is 17.7 Å². The van der Waals surface area contributed by atoms with E-state index in [1.807, 2.05) is 42.5 Å². The summed E-state index contributed by atoms with van der Waals surface area (Å²) in [5.41, 5.74) is 2.12.